The molecule has 1 heterocycles. The number of hydrogen-bond acceptors (Lipinski definition) is 1. The first-order chi connectivity index (χ1) is 4.47. The number of fused-ring (bicyclic) bond motifs is 1. The van der Waals surface area contributed by atoms with Gasteiger partial charge in [0.1, 0.15) is 0 Å². The average Bonchev–Trinajstić information content (AvgIpc) is 2.33. The van der Waals surface area contributed by atoms with E-state index in [9.17, 15) is 0 Å². The lowest BCUT2D eigenvalue weighted by Gasteiger charge is -2.21. The van der Waals surface area contributed by atoms with Crippen LogP contribution in [0.15, 0.2) is 0 Å². The fraction of sp³-hybridized carbons (Fsp3) is 0.875. The second kappa shape index (κ2) is 2.30. The van der Waals surface area contributed by atoms with E-state index in [-0.39, 0.29) is 0 Å². The molecule has 2 fully saturated rings. The van der Waals surface area contributed by atoms with Crippen LogP contribution in [0.3, 0.4) is 0 Å². The van der Waals surface area contributed by atoms with Crippen LogP contribution in [0.25, 0.3) is 0 Å². The molecule has 0 N–H and O–H groups in total. The molecule has 0 aromatic heterocycles. The van der Waals surface area contributed by atoms with Crippen LogP contribution in [-0.2, 0) is 4.74 Å². The topological polar surface area (TPSA) is 9.23 Å². The van der Waals surface area contributed by atoms with Gasteiger partial charge in [0.15, 0.2) is 0 Å². The highest BCUT2D eigenvalue weighted by atomic mass is 16.5. The van der Waals surface area contributed by atoms with Crippen molar-refractivity contribution in [1.82, 2.24) is 0 Å². The van der Waals surface area contributed by atoms with Crippen LogP contribution in [0.4, 0.5) is 0 Å². The van der Waals surface area contributed by atoms with Crippen molar-refractivity contribution < 1.29 is 4.74 Å². The van der Waals surface area contributed by atoms with Crippen LogP contribution in [0.1, 0.15) is 25.7 Å². The summed E-state index contributed by atoms with van der Waals surface area (Å²) in [5, 5.41) is 0. The summed E-state index contributed by atoms with van der Waals surface area (Å²) < 4.78 is 5.27. The van der Waals surface area contributed by atoms with Gasteiger partial charge in [0.2, 0.25) is 0 Å². The number of ether oxygens (including phenoxy) is 1. The molecule has 1 nitrogen and oxygen atoms in total. The van der Waals surface area contributed by atoms with Crippen molar-refractivity contribution in [2.24, 2.45) is 11.8 Å². The Balaban J connectivity index is 1.97. The van der Waals surface area contributed by atoms with E-state index in [2.05, 4.69) is 6.61 Å². The second-order valence-electron chi connectivity index (χ2n) is 3.18. The fourth-order valence-electron chi connectivity index (χ4n) is 1.93. The number of rotatable bonds is 0. The lowest BCUT2D eigenvalue weighted by molar-refractivity contribution is 0.228. The molecule has 1 heteroatoms. The van der Waals surface area contributed by atoms with Crippen LogP contribution in [-0.4, -0.2) is 6.61 Å². The third kappa shape index (κ3) is 0.983. The molecular formula is C8H13O. The molecular weight excluding hydrogens is 112 g/mol. The molecule has 51 valence electrons. The van der Waals surface area contributed by atoms with E-state index < -0.39 is 0 Å². The van der Waals surface area contributed by atoms with Gasteiger partial charge < -0.3 is 4.74 Å². The largest absolute Gasteiger partial charge is 0.375 e. The Morgan fingerprint density at radius 2 is 2.11 bits per heavy atom. The Bertz CT molecular complexity index is 88.7. The molecule has 2 rings (SSSR count). The van der Waals surface area contributed by atoms with E-state index in [1.807, 2.05) is 0 Å². The fourth-order valence-corrected chi connectivity index (χ4v) is 1.93. The minimum atomic E-state index is 0.818. The van der Waals surface area contributed by atoms with Gasteiger partial charge in [-0.15, -0.1) is 0 Å². The lowest BCUT2D eigenvalue weighted by atomic mass is 9.82. The van der Waals surface area contributed by atoms with Crippen molar-refractivity contribution in [3.05, 3.63) is 6.61 Å². The van der Waals surface area contributed by atoms with Crippen LogP contribution < -0.4 is 0 Å². The Morgan fingerprint density at radius 3 is 3.00 bits per heavy atom. The zero-order valence-corrected chi connectivity index (χ0v) is 5.68. The molecule has 0 bridgehead atoms. The summed E-state index contributed by atoms with van der Waals surface area (Å²) in [5.41, 5.74) is 0. The minimum Gasteiger partial charge on any atom is -0.375 e. The molecule has 2 aliphatic rings. The van der Waals surface area contributed by atoms with Gasteiger partial charge in [-0.3, -0.25) is 0 Å². The number of hydrogen-bond donors (Lipinski definition) is 0. The maximum absolute atomic E-state index is 5.27. The maximum Gasteiger partial charge on any atom is 0.0871 e. The molecule has 2 atom stereocenters. The Morgan fingerprint density at radius 1 is 1.22 bits per heavy atom. The third-order valence-corrected chi connectivity index (χ3v) is 2.55. The van der Waals surface area contributed by atoms with Gasteiger partial charge in [0, 0.05) is 0 Å². The van der Waals surface area contributed by atoms with Crippen LogP contribution >= 0.6 is 0 Å². The van der Waals surface area contributed by atoms with Gasteiger partial charge in [-0.1, -0.05) is 12.8 Å². The molecule has 0 aromatic carbocycles. The quantitative estimate of drug-likeness (QED) is 0.481. The van der Waals surface area contributed by atoms with E-state index in [0.29, 0.717) is 0 Å². The van der Waals surface area contributed by atoms with Crippen LogP contribution in [0, 0.1) is 18.4 Å². The molecule has 1 radical (unpaired) electrons. The van der Waals surface area contributed by atoms with Crippen LogP contribution in [0.2, 0.25) is 0 Å². The first-order valence-electron chi connectivity index (χ1n) is 3.92. The average molecular weight is 125 g/mol. The van der Waals surface area contributed by atoms with Gasteiger partial charge >= 0.3 is 0 Å². The zero-order chi connectivity index (χ0) is 6.10. The zero-order valence-electron chi connectivity index (χ0n) is 5.68. The molecule has 0 aromatic rings. The van der Waals surface area contributed by atoms with Crippen molar-refractivity contribution in [1.29, 1.82) is 0 Å². The van der Waals surface area contributed by atoms with Crippen molar-refractivity contribution in [3.63, 3.8) is 0 Å². The Kier molecular flexibility index (Phi) is 1.46. The van der Waals surface area contributed by atoms with Gasteiger partial charge in [-0.2, -0.15) is 0 Å². The van der Waals surface area contributed by atoms with Crippen molar-refractivity contribution in [2.75, 3.05) is 6.61 Å². The summed E-state index contributed by atoms with van der Waals surface area (Å²) in [6.07, 6.45) is 5.63. The highest BCUT2D eigenvalue weighted by Gasteiger charge is 2.30. The molecule has 0 spiro atoms. The molecule has 1 saturated carbocycles. The summed E-state index contributed by atoms with van der Waals surface area (Å²) >= 11 is 0. The molecule has 9 heavy (non-hydrogen) atoms. The highest BCUT2D eigenvalue weighted by Crippen LogP contribution is 2.36. The van der Waals surface area contributed by atoms with Gasteiger partial charge in [-0.05, 0) is 24.7 Å². The second-order valence-corrected chi connectivity index (χ2v) is 3.18. The Labute approximate surface area is 56.4 Å². The molecule has 2 unspecified atom stereocenters. The predicted molar refractivity (Wildman–Crippen MR) is 35.7 cm³/mol. The van der Waals surface area contributed by atoms with Crippen molar-refractivity contribution in [2.45, 2.75) is 25.7 Å². The molecule has 0 amide bonds. The smallest absolute Gasteiger partial charge is 0.0871 e. The third-order valence-electron chi connectivity index (χ3n) is 2.55. The first kappa shape index (κ1) is 5.72. The standard InChI is InChI=1S/C8H13O/c1-2-4-8-6-9-5-7(8)3-1/h5,7-8H,1-4,6H2. The van der Waals surface area contributed by atoms with Crippen molar-refractivity contribution >= 4 is 0 Å². The van der Waals surface area contributed by atoms with Gasteiger partial charge in [0.25, 0.3) is 0 Å². The van der Waals surface area contributed by atoms with E-state index in [1.165, 1.54) is 25.7 Å². The highest BCUT2D eigenvalue weighted by molar-refractivity contribution is 4.85. The van der Waals surface area contributed by atoms with E-state index in [4.69, 9.17) is 4.74 Å². The summed E-state index contributed by atoms with van der Waals surface area (Å²) in [4.78, 5) is 0. The normalized spacial score (nSPS) is 42.7. The Hall–Kier alpha value is -0.0400. The summed E-state index contributed by atoms with van der Waals surface area (Å²) in [5.74, 6) is 1.71. The van der Waals surface area contributed by atoms with Crippen molar-refractivity contribution in [3.8, 4) is 0 Å². The predicted octanol–water partition coefficient (Wildman–Crippen LogP) is 1.98. The minimum absolute atomic E-state index is 0.818. The molecule has 1 aliphatic carbocycles. The monoisotopic (exact) mass is 125 g/mol. The molecule has 1 saturated heterocycles. The van der Waals surface area contributed by atoms with E-state index in [0.717, 1.165) is 18.4 Å². The summed E-state index contributed by atoms with van der Waals surface area (Å²) in [7, 11) is 0. The van der Waals surface area contributed by atoms with Crippen LogP contribution in [0.5, 0.6) is 0 Å². The van der Waals surface area contributed by atoms with Gasteiger partial charge in [-0.25, -0.2) is 0 Å². The maximum atomic E-state index is 5.27. The summed E-state index contributed by atoms with van der Waals surface area (Å²) in [6, 6.07) is 0. The lowest BCUT2D eigenvalue weighted by Crippen LogP contribution is -2.14. The first-order valence-corrected chi connectivity index (χ1v) is 3.92. The summed E-state index contributed by atoms with van der Waals surface area (Å²) in [6.45, 7) is 3.06. The van der Waals surface area contributed by atoms with E-state index >= 15 is 0 Å². The molecule has 1 aliphatic heterocycles. The van der Waals surface area contributed by atoms with E-state index in [1.54, 1.807) is 0 Å². The SMILES string of the molecule is [CH]1OCC2CCCCC12. The van der Waals surface area contributed by atoms with Gasteiger partial charge in [0.05, 0.1) is 13.2 Å².